The van der Waals surface area contributed by atoms with E-state index in [9.17, 15) is 14.7 Å². The minimum atomic E-state index is -1.17. The zero-order chi connectivity index (χ0) is 17.1. The number of amides is 1. The molecule has 1 rings (SSSR count). The summed E-state index contributed by atoms with van der Waals surface area (Å²) >= 11 is 0. The Labute approximate surface area is 129 Å². The topological polar surface area (TPSA) is 106 Å². The van der Waals surface area contributed by atoms with E-state index in [2.05, 4.69) is 15.4 Å². The third-order valence-corrected chi connectivity index (χ3v) is 2.57. The van der Waals surface area contributed by atoms with Gasteiger partial charge in [0.15, 0.2) is 5.82 Å². The van der Waals surface area contributed by atoms with Crippen molar-refractivity contribution in [2.45, 2.75) is 65.1 Å². The number of carboxylic acid groups (broad SMARTS) is 1. The van der Waals surface area contributed by atoms with E-state index in [0.29, 0.717) is 5.82 Å². The maximum Gasteiger partial charge on any atom is 0.408 e. The summed E-state index contributed by atoms with van der Waals surface area (Å²) in [5, 5.41) is 15.8. The summed E-state index contributed by atoms with van der Waals surface area (Å²) in [6.07, 6.45) is 0.670. The Balaban J connectivity index is 2.75. The fraction of sp³-hybridized carbons (Fsp3) is 0.714. The van der Waals surface area contributed by atoms with Crippen LogP contribution in [0, 0.1) is 0 Å². The highest BCUT2D eigenvalue weighted by Gasteiger charge is 2.26. The molecular formula is C14H24N4O4. The van der Waals surface area contributed by atoms with E-state index in [4.69, 9.17) is 4.74 Å². The first-order chi connectivity index (χ1) is 9.88. The molecule has 1 aromatic heterocycles. The Morgan fingerprint density at radius 3 is 2.32 bits per heavy atom. The van der Waals surface area contributed by atoms with Crippen LogP contribution in [0.2, 0.25) is 0 Å². The maximum absolute atomic E-state index is 11.7. The van der Waals surface area contributed by atoms with Gasteiger partial charge in [0.25, 0.3) is 0 Å². The van der Waals surface area contributed by atoms with Gasteiger partial charge >= 0.3 is 12.1 Å². The molecule has 0 bridgehead atoms. The Morgan fingerprint density at radius 2 is 1.91 bits per heavy atom. The molecule has 0 saturated carbocycles. The number of nitrogens with zero attached hydrogens (tertiary/aromatic N) is 3. The van der Waals surface area contributed by atoms with E-state index in [1.54, 1.807) is 20.8 Å². The molecule has 8 heteroatoms. The van der Waals surface area contributed by atoms with Gasteiger partial charge in [0, 0.05) is 5.41 Å². The number of carboxylic acids is 1. The molecule has 1 atom stereocenters. The zero-order valence-corrected chi connectivity index (χ0v) is 13.9. The van der Waals surface area contributed by atoms with Crippen LogP contribution in [0.25, 0.3) is 0 Å². The van der Waals surface area contributed by atoms with Gasteiger partial charge < -0.3 is 15.2 Å². The summed E-state index contributed by atoms with van der Waals surface area (Å²) in [5.41, 5.74) is -0.928. The Kier molecular flexibility index (Phi) is 5.16. The highest BCUT2D eigenvalue weighted by Crippen LogP contribution is 2.17. The first-order valence-electron chi connectivity index (χ1n) is 7.01. The number of carbonyl (C=O) groups is 2. The molecule has 8 nitrogen and oxygen atoms in total. The van der Waals surface area contributed by atoms with Crippen molar-refractivity contribution in [1.82, 2.24) is 20.1 Å². The van der Waals surface area contributed by atoms with Crippen LogP contribution < -0.4 is 5.32 Å². The van der Waals surface area contributed by atoms with Gasteiger partial charge in [0.05, 0.1) is 6.54 Å². The molecule has 0 aliphatic rings. The quantitative estimate of drug-likeness (QED) is 0.873. The highest BCUT2D eigenvalue weighted by atomic mass is 16.6. The summed E-state index contributed by atoms with van der Waals surface area (Å²) in [4.78, 5) is 27.1. The van der Waals surface area contributed by atoms with Crippen molar-refractivity contribution < 1.29 is 19.4 Å². The van der Waals surface area contributed by atoms with E-state index in [1.807, 2.05) is 20.8 Å². The predicted octanol–water partition coefficient (Wildman–Crippen LogP) is 1.55. The number of ether oxygens (including phenoxy) is 1. The summed E-state index contributed by atoms with van der Waals surface area (Å²) in [5.74, 6) is -0.562. The maximum atomic E-state index is 11.7. The monoisotopic (exact) mass is 312 g/mol. The summed E-state index contributed by atoms with van der Waals surface area (Å²) in [6.45, 7) is 11.0. The molecule has 0 aromatic carbocycles. The lowest BCUT2D eigenvalue weighted by molar-refractivity contribution is -0.139. The average Bonchev–Trinajstić information content (AvgIpc) is 2.73. The van der Waals surface area contributed by atoms with Gasteiger partial charge in [0.2, 0.25) is 0 Å². The molecule has 0 fully saturated rings. The number of hydrogen-bond donors (Lipinski definition) is 2. The number of carbonyl (C=O) groups excluding carboxylic acids is 1. The number of alkyl carbamates (subject to hydrolysis) is 1. The first kappa shape index (κ1) is 17.9. The van der Waals surface area contributed by atoms with Crippen LogP contribution in [-0.2, 0) is 21.5 Å². The minimum absolute atomic E-state index is 0.0301. The second-order valence-electron chi connectivity index (χ2n) is 7.08. The van der Waals surface area contributed by atoms with Crippen molar-refractivity contribution in [2.75, 3.05) is 0 Å². The molecule has 124 valence electrons. The predicted molar refractivity (Wildman–Crippen MR) is 79.5 cm³/mol. The van der Waals surface area contributed by atoms with Crippen LogP contribution in [0.3, 0.4) is 0 Å². The second kappa shape index (κ2) is 6.33. The lowest BCUT2D eigenvalue weighted by atomic mass is 9.96. The van der Waals surface area contributed by atoms with E-state index in [1.165, 1.54) is 11.0 Å². The SMILES string of the molecule is CC(C)(C)OC(=O)NC(Cn1cnc(C(C)(C)C)n1)C(=O)O. The summed E-state index contributed by atoms with van der Waals surface area (Å²) in [6, 6.07) is -1.15. The number of aliphatic carboxylic acids is 1. The van der Waals surface area contributed by atoms with Crippen LogP contribution in [0.5, 0.6) is 0 Å². The van der Waals surface area contributed by atoms with Crippen LogP contribution in [0.4, 0.5) is 4.79 Å². The van der Waals surface area contributed by atoms with Crippen molar-refractivity contribution in [3.63, 3.8) is 0 Å². The summed E-state index contributed by atoms with van der Waals surface area (Å²) < 4.78 is 6.46. The number of rotatable bonds is 4. The molecule has 1 unspecified atom stereocenters. The minimum Gasteiger partial charge on any atom is -0.480 e. The van der Waals surface area contributed by atoms with E-state index < -0.39 is 23.7 Å². The standard InChI is InChI=1S/C14H24N4O4/c1-13(2,3)11-15-8-18(17-11)7-9(10(19)20)16-12(21)22-14(4,5)6/h8-9H,7H2,1-6H3,(H,16,21)(H,19,20). The summed E-state index contributed by atoms with van der Waals surface area (Å²) in [7, 11) is 0. The van der Waals surface area contributed by atoms with E-state index in [0.717, 1.165) is 0 Å². The number of aromatic nitrogens is 3. The Hall–Kier alpha value is -2.12. The third kappa shape index (κ3) is 5.71. The fourth-order valence-electron chi connectivity index (χ4n) is 1.55. The second-order valence-corrected chi connectivity index (χ2v) is 7.08. The van der Waals surface area contributed by atoms with Gasteiger partial charge in [-0.3, -0.25) is 0 Å². The smallest absolute Gasteiger partial charge is 0.408 e. The molecule has 1 aromatic rings. The molecule has 0 aliphatic carbocycles. The number of hydrogen-bond acceptors (Lipinski definition) is 5. The molecule has 2 N–H and O–H groups in total. The van der Waals surface area contributed by atoms with Crippen molar-refractivity contribution >= 4 is 12.1 Å². The van der Waals surface area contributed by atoms with Crippen molar-refractivity contribution in [1.29, 1.82) is 0 Å². The third-order valence-electron chi connectivity index (χ3n) is 2.57. The lowest BCUT2D eigenvalue weighted by Crippen LogP contribution is -2.45. The normalized spacial score (nSPS) is 13.5. The van der Waals surface area contributed by atoms with Gasteiger partial charge in [-0.2, -0.15) is 5.10 Å². The molecule has 1 heterocycles. The van der Waals surface area contributed by atoms with Gasteiger partial charge in [-0.05, 0) is 20.8 Å². The van der Waals surface area contributed by atoms with Crippen molar-refractivity contribution in [3.8, 4) is 0 Å². The largest absolute Gasteiger partial charge is 0.480 e. The van der Waals surface area contributed by atoms with Crippen LogP contribution in [0.15, 0.2) is 6.33 Å². The zero-order valence-electron chi connectivity index (χ0n) is 13.9. The lowest BCUT2D eigenvalue weighted by Gasteiger charge is -2.22. The molecule has 0 spiro atoms. The van der Waals surface area contributed by atoms with Gasteiger partial charge in [-0.25, -0.2) is 19.3 Å². The van der Waals surface area contributed by atoms with Gasteiger partial charge in [-0.15, -0.1) is 0 Å². The van der Waals surface area contributed by atoms with Crippen molar-refractivity contribution in [2.24, 2.45) is 0 Å². The van der Waals surface area contributed by atoms with Gasteiger partial charge in [-0.1, -0.05) is 20.8 Å². The molecule has 22 heavy (non-hydrogen) atoms. The average molecular weight is 312 g/mol. The number of nitrogens with one attached hydrogen (secondary N) is 1. The fourth-order valence-corrected chi connectivity index (χ4v) is 1.55. The molecule has 0 saturated heterocycles. The van der Waals surface area contributed by atoms with Gasteiger partial charge in [0.1, 0.15) is 18.0 Å². The van der Waals surface area contributed by atoms with Crippen molar-refractivity contribution in [3.05, 3.63) is 12.2 Å². The molecule has 0 radical (unpaired) electrons. The Morgan fingerprint density at radius 1 is 1.32 bits per heavy atom. The van der Waals surface area contributed by atoms with Crippen LogP contribution >= 0.6 is 0 Å². The molecule has 0 aliphatic heterocycles. The Bertz CT molecular complexity index is 540. The van der Waals surface area contributed by atoms with E-state index >= 15 is 0 Å². The highest BCUT2D eigenvalue weighted by molar-refractivity contribution is 5.79. The first-order valence-corrected chi connectivity index (χ1v) is 7.01. The van der Waals surface area contributed by atoms with Crippen LogP contribution in [0.1, 0.15) is 47.4 Å². The molecule has 1 amide bonds. The van der Waals surface area contributed by atoms with Crippen LogP contribution in [-0.4, -0.2) is 43.6 Å². The molecular weight excluding hydrogens is 288 g/mol. The van der Waals surface area contributed by atoms with E-state index in [-0.39, 0.29) is 12.0 Å².